The van der Waals surface area contributed by atoms with Crippen LogP contribution in [0.1, 0.15) is 19.8 Å². The molecule has 1 aromatic rings. The Bertz CT molecular complexity index is 599. The molecule has 0 bridgehead atoms. The van der Waals surface area contributed by atoms with Gasteiger partial charge in [0.2, 0.25) is 0 Å². The van der Waals surface area contributed by atoms with Crippen LogP contribution in [0.5, 0.6) is 5.75 Å². The molecule has 2 fully saturated rings. The number of benzene rings is 1. The molecule has 1 saturated carbocycles. The number of hydrogen-bond acceptors (Lipinski definition) is 4. The maximum Gasteiger partial charge on any atom is 0.193 e. The van der Waals surface area contributed by atoms with E-state index in [0.717, 1.165) is 50.4 Å². The second kappa shape index (κ2) is 9.64. The van der Waals surface area contributed by atoms with Gasteiger partial charge in [-0.25, -0.2) is 0 Å². The van der Waals surface area contributed by atoms with Crippen LogP contribution in [0.3, 0.4) is 0 Å². The van der Waals surface area contributed by atoms with Crippen LogP contribution in [0, 0.1) is 0 Å². The summed E-state index contributed by atoms with van der Waals surface area (Å²) in [6, 6.07) is 8.85. The SMILES string of the molecule is CN=C(NCC(C)N(C)C1CC1)N1CCN(c2ccccc2O)CC1.I. The highest BCUT2D eigenvalue weighted by molar-refractivity contribution is 14.0. The molecule has 6 nitrogen and oxygen atoms in total. The molecule has 1 unspecified atom stereocenters. The molecule has 1 aliphatic carbocycles. The Hall–Kier alpha value is -1.22. The van der Waals surface area contributed by atoms with E-state index in [0.29, 0.717) is 11.8 Å². The summed E-state index contributed by atoms with van der Waals surface area (Å²) < 4.78 is 0. The lowest BCUT2D eigenvalue weighted by molar-refractivity contribution is 0.245. The Morgan fingerprint density at radius 2 is 1.92 bits per heavy atom. The fourth-order valence-electron chi connectivity index (χ4n) is 3.45. The second-order valence-electron chi connectivity index (χ2n) is 7.14. The van der Waals surface area contributed by atoms with Crippen molar-refractivity contribution in [2.24, 2.45) is 4.99 Å². The molecule has 0 radical (unpaired) electrons. The zero-order chi connectivity index (χ0) is 17.8. The molecule has 7 heteroatoms. The van der Waals surface area contributed by atoms with Crippen LogP contribution < -0.4 is 10.2 Å². The smallest absolute Gasteiger partial charge is 0.193 e. The Morgan fingerprint density at radius 1 is 1.27 bits per heavy atom. The topological polar surface area (TPSA) is 54.3 Å². The maximum atomic E-state index is 10.0. The minimum atomic E-state index is 0. The van der Waals surface area contributed by atoms with Gasteiger partial charge in [0.1, 0.15) is 5.75 Å². The number of aliphatic imine (C=N–C) groups is 1. The number of rotatable bonds is 5. The first-order chi connectivity index (χ1) is 12.1. The van der Waals surface area contributed by atoms with Crippen molar-refractivity contribution in [1.29, 1.82) is 0 Å². The van der Waals surface area contributed by atoms with Gasteiger partial charge in [-0.1, -0.05) is 12.1 Å². The van der Waals surface area contributed by atoms with Crippen LogP contribution in [-0.4, -0.2) is 79.8 Å². The Kier molecular flexibility index (Phi) is 7.82. The molecular weight excluding hydrogens is 441 g/mol. The number of aromatic hydroxyl groups is 1. The molecule has 1 aliphatic heterocycles. The standard InChI is InChI=1S/C19H31N5O.HI/c1-15(22(3)16-8-9-16)14-21-19(20-2)24-12-10-23(11-13-24)17-6-4-5-7-18(17)25;/h4-7,15-16,25H,8-14H2,1-3H3,(H,20,21);1H. The number of hydrogen-bond donors (Lipinski definition) is 2. The highest BCUT2D eigenvalue weighted by atomic mass is 127. The van der Waals surface area contributed by atoms with Gasteiger partial charge in [-0.2, -0.15) is 0 Å². The second-order valence-corrected chi connectivity index (χ2v) is 7.14. The summed E-state index contributed by atoms with van der Waals surface area (Å²) in [6.07, 6.45) is 2.67. The van der Waals surface area contributed by atoms with Gasteiger partial charge in [-0.05, 0) is 38.9 Å². The average Bonchev–Trinajstić information content (AvgIpc) is 3.47. The summed E-state index contributed by atoms with van der Waals surface area (Å²) in [5.41, 5.74) is 0.921. The third-order valence-electron chi connectivity index (χ3n) is 5.39. The van der Waals surface area contributed by atoms with Crippen LogP contribution in [0.25, 0.3) is 0 Å². The molecule has 0 amide bonds. The van der Waals surface area contributed by atoms with E-state index in [1.54, 1.807) is 6.07 Å². The first kappa shape index (κ1) is 21.1. The highest BCUT2D eigenvalue weighted by Gasteiger charge is 2.29. The third kappa shape index (κ3) is 5.16. The molecule has 1 heterocycles. The molecular formula is C19H32IN5O. The molecule has 2 aliphatic rings. The molecule has 146 valence electrons. The van der Waals surface area contributed by atoms with Gasteiger partial charge >= 0.3 is 0 Å². The van der Waals surface area contributed by atoms with Crippen molar-refractivity contribution in [3.05, 3.63) is 24.3 Å². The Balaban J connectivity index is 0.00000243. The van der Waals surface area contributed by atoms with E-state index in [2.05, 4.69) is 39.0 Å². The summed E-state index contributed by atoms with van der Waals surface area (Å²) in [7, 11) is 4.07. The van der Waals surface area contributed by atoms with Crippen LogP contribution in [0.15, 0.2) is 29.3 Å². The van der Waals surface area contributed by atoms with E-state index in [1.165, 1.54) is 12.8 Å². The molecule has 3 rings (SSSR count). The van der Waals surface area contributed by atoms with E-state index in [1.807, 2.05) is 25.2 Å². The van der Waals surface area contributed by atoms with E-state index in [-0.39, 0.29) is 24.0 Å². The zero-order valence-corrected chi connectivity index (χ0v) is 18.4. The average molecular weight is 473 g/mol. The van der Waals surface area contributed by atoms with Gasteiger partial charge in [0.25, 0.3) is 0 Å². The van der Waals surface area contributed by atoms with Crippen molar-refractivity contribution >= 4 is 35.6 Å². The quantitative estimate of drug-likeness (QED) is 0.390. The lowest BCUT2D eigenvalue weighted by Gasteiger charge is -2.38. The number of phenols is 1. The number of nitrogens with zero attached hydrogens (tertiary/aromatic N) is 4. The van der Waals surface area contributed by atoms with Crippen molar-refractivity contribution in [3.8, 4) is 5.75 Å². The van der Waals surface area contributed by atoms with Crippen molar-refractivity contribution in [3.63, 3.8) is 0 Å². The Labute approximate surface area is 174 Å². The zero-order valence-electron chi connectivity index (χ0n) is 16.1. The summed E-state index contributed by atoms with van der Waals surface area (Å²) in [5.74, 6) is 1.34. The first-order valence-corrected chi connectivity index (χ1v) is 9.30. The van der Waals surface area contributed by atoms with Gasteiger partial charge < -0.3 is 20.2 Å². The number of halogens is 1. The molecule has 0 aromatic heterocycles. The van der Waals surface area contributed by atoms with Crippen molar-refractivity contribution in [2.45, 2.75) is 31.8 Å². The van der Waals surface area contributed by atoms with Crippen LogP contribution in [0.4, 0.5) is 5.69 Å². The Morgan fingerprint density at radius 3 is 2.50 bits per heavy atom. The fourth-order valence-corrected chi connectivity index (χ4v) is 3.45. The number of nitrogens with one attached hydrogen (secondary N) is 1. The van der Waals surface area contributed by atoms with E-state index >= 15 is 0 Å². The highest BCUT2D eigenvalue weighted by Crippen LogP contribution is 2.27. The molecule has 1 saturated heterocycles. The van der Waals surface area contributed by atoms with Gasteiger partial charge in [0, 0.05) is 51.9 Å². The molecule has 0 spiro atoms. The van der Waals surface area contributed by atoms with Gasteiger partial charge in [0.05, 0.1) is 5.69 Å². The summed E-state index contributed by atoms with van der Waals surface area (Å²) in [6.45, 7) is 6.77. The fraction of sp³-hybridized carbons (Fsp3) is 0.632. The predicted molar refractivity (Wildman–Crippen MR) is 119 cm³/mol. The lowest BCUT2D eigenvalue weighted by atomic mass is 10.2. The minimum absolute atomic E-state index is 0. The largest absolute Gasteiger partial charge is 0.506 e. The van der Waals surface area contributed by atoms with Gasteiger partial charge in [-0.3, -0.25) is 9.89 Å². The predicted octanol–water partition coefficient (Wildman–Crippen LogP) is 2.19. The van der Waals surface area contributed by atoms with E-state index in [4.69, 9.17) is 0 Å². The molecule has 2 N–H and O–H groups in total. The normalized spacial score (nSPS) is 19.3. The first-order valence-electron chi connectivity index (χ1n) is 9.30. The van der Waals surface area contributed by atoms with E-state index < -0.39 is 0 Å². The number of likely N-dealkylation sites (N-methyl/N-ethyl adjacent to an activating group) is 1. The number of guanidine groups is 1. The summed E-state index contributed by atoms with van der Waals surface area (Å²) in [4.78, 5) is 11.5. The lowest BCUT2D eigenvalue weighted by Crippen LogP contribution is -2.54. The number of piperazine rings is 1. The summed E-state index contributed by atoms with van der Waals surface area (Å²) >= 11 is 0. The summed E-state index contributed by atoms with van der Waals surface area (Å²) in [5, 5.41) is 13.6. The van der Waals surface area contributed by atoms with Crippen LogP contribution in [0.2, 0.25) is 0 Å². The van der Waals surface area contributed by atoms with Crippen LogP contribution in [-0.2, 0) is 0 Å². The minimum Gasteiger partial charge on any atom is -0.506 e. The van der Waals surface area contributed by atoms with Crippen molar-refractivity contribution in [1.82, 2.24) is 15.1 Å². The van der Waals surface area contributed by atoms with E-state index in [9.17, 15) is 5.11 Å². The van der Waals surface area contributed by atoms with Crippen LogP contribution >= 0.6 is 24.0 Å². The molecule has 1 atom stereocenters. The van der Waals surface area contributed by atoms with Gasteiger partial charge in [-0.15, -0.1) is 24.0 Å². The third-order valence-corrected chi connectivity index (χ3v) is 5.39. The number of para-hydroxylation sites is 2. The monoisotopic (exact) mass is 473 g/mol. The molecule has 1 aromatic carbocycles. The maximum absolute atomic E-state index is 10.0. The number of anilines is 1. The van der Waals surface area contributed by atoms with Gasteiger partial charge in [0.15, 0.2) is 5.96 Å². The van der Waals surface area contributed by atoms with Crippen molar-refractivity contribution < 1.29 is 5.11 Å². The number of phenolic OH excluding ortho intramolecular Hbond substituents is 1. The van der Waals surface area contributed by atoms with Crippen molar-refractivity contribution in [2.75, 3.05) is 51.7 Å². The molecule has 26 heavy (non-hydrogen) atoms.